The molecule has 1 unspecified atom stereocenters. The van der Waals surface area contributed by atoms with Crippen LogP contribution in [0.15, 0.2) is 36.4 Å². The second-order valence-corrected chi connectivity index (χ2v) is 8.89. The standard InChI is InChI=1S/C24H21F5N4O/c1-13(7-21-30-31-23(26)33(21)12-25)15-3-2-4-17(8-15)32-11-19-18(22(32)34)9-16(14-5-6-14)10-20(19)24(27,28)29/h2-4,8-10,13-14H,5-7,11-12H2,1H3. The van der Waals surface area contributed by atoms with Gasteiger partial charge in [0.1, 0.15) is 5.82 Å². The highest BCUT2D eigenvalue weighted by Crippen LogP contribution is 2.46. The zero-order valence-corrected chi connectivity index (χ0v) is 18.2. The van der Waals surface area contributed by atoms with Crippen LogP contribution in [-0.4, -0.2) is 20.7 Å². The minimum atomic E-state index is -4.55. The molecule has 1 aromatic heterocycles. The molecule has 5 nitrogen and oxygen atoms in total. The van der Waals surface area contributed by atoms with Crippen molar-refractivity contribution in [3.63, 3.8) is 0 Å². The van der Waals surface area contributed by atoms with Gasteiger partial charge in [0, 0.05) is 17.7 Å². The number of aromatic nitrogens is 3. The number of fused-ring (bicyclic) bond motifs is 1. The Hall–Kier alpha value is -3.30. The van der Waals surface area contributed by atoms with E-state index in [2.05, 4.69) is 10.2 Å². The van der Waals surface area contributed by atoms with E-state index in [0.29, 0.717) is 11.3 Å². The Bertz CT molecular complexity index is 1260. The summed E-state index contributed by atoms with van der Waals surface area (Å²) in [4.78, 5) is 14.5. The van der Waals surface area contributed by atoms with Crippen molar-refractivity contribution < 1.29 is 26.7 Å². The first-order chi connectivity index (χ1) is 16.2. The van der Waals surface area contributed by atoms with E-state index in [-0.39, 0.29) is 41.8 Å². The molecule has 10 heteroatoms. The molecule has 0 spiro atoms. The van der Waals surface area contributed by atoms with Crippen LogP contribution in [0.2, 0.25) is 0 Å². The molecule has 0 bridgehead atoms. The fraction of sp³-hybridized carbons (Fsp3) is 0.375. The zero-order chi connectivity index (χ0) is 24.2. The molecule has 1 fully saturated rings. The quantitative estimate of drug-likeness (QED) is 0.426. The van der Waals surface area contributed by atoms with Gasteiger partial charge in [0.2, 0.25) is 0 Å². The fourth-order valence-corrected chi connectivity index (χ4v) is 4.52. The third-order valence-electron chi connectivity index (χ3n) is 6.56. The molecule has 2 aromatic carbocycles. The van der Waals surface area contributed by atoms with Gasteiger partial charge in [-0.25, -0.2) is 4.39 Å². The van der Waals surface area contributed by atoms with Crippen molar-refractivity contribution in [1.82, 2.24) is 14.8 Å². The Kier molecular flexibility index (Phi) is 5.41. The summed E-state index contributed by atoms with van der Waals surface area (Å²) in [6, 6.07) is 9.68. The van der Waals surface area contributed by atoms with Crippen molar-refractivity contribution in [2.75, 3.05) is 4.90 Å². The lowest BCUT2D eigenvalue weighted by Crippen LogP contribution is -2.23. The maximum atomic E-state index is 13.8. The largest absolute Gasteiger partial charge is 0.416 e. The maximum Gasteiger partial charge on any atom is 0.416 e. The molecule has 0 radical (unpaired) electrons. The lowest BCUT2D eigenvalue weighted by Gasteiger charge is -2.19. The molecular formula is C24H21F5N4O. The van der Waals surface area contributed by atoms with Gasteiger partial charge in [-0.2, -0.15) is 17.6 Å². The van der Waals surface area contributed by atoms with Crippen molar-refractivity contribution in [3.8, 4) is 0 Å². The highest BCUT2D eigenvalue weighted by molar-refractivity contribution is 6.10. The van der Waals surface area contributed by atoms with E-state index in [9.17, 15) is 26.7 Å². The Morgan fingerprint density at radius 3 is 2.59 bits per heavy atom. The van der Waals surface area contributed by atoms with E-state index in [1.807, 2.05) is 6.92 Å². The second-order valence-electron chi connectivity index (χ2n) is 8.89. The predicted molar refractivity (Wildman–Crippen MR) is 114 cm³/mol. The van der Waals surface area contributed by atoms with Crippen LogP contribution < -0.4 is 4.90 Å². The molecule has 0 N–H and O–H groups in total. The Labute approximate surface area is 192 Å². The monoisotopic (exact) mass is 476 g/mol. The topological polar surface area (TPSA) is 51.0 Å². The van der Waals surface area contributed by atoms with E-state index in [1.54, 1.807) is 30.3 Å². The Morgan fingerprint density at radius 2 is 1.91 bits per heavy atom. The summed E-state index contributed by atoms with van der Waals surface area (Å²) in [6.07, 6.45) is -3.71. The van der Waals surface area contributed by atoms with E-state index in [4.69, 9.17) is 0 Å². The van der Waals surface area contributed by atoms with Crippen LogP contribution in [0.4, 0.5) is 27.6 Å². The number of nitrogens with zero attached hydrogens (tertiary/aromatic N) is 4. The average molecular weight is 476 g/mol. The molecule has 1 amide bonds. The number of amides is 1. The van der Waals surface area contributed by atoms with Gasteiger partial charge in [-0.1, -0.05) is 24.2 Å². The minimum Gasteiger partial charge on any atom is -0.304 e. The summed E-state index contributed by atoms with van der Waals surface area (Å²) >= 11 is 0. The number of carbonyl (C=O) groups is 1. The number of halogens is 5. The van der Waals surface area contributed by atoms with Gasteiger partial charge in [-0.15, -0.1) is 5.10 Å². The highest BCUT2D eigenvalue weighted by Gasteiger charge is 2.41. The van der Waals surface area contributed by atoms with Crippen molar-refractivity contribution in [2.24, 2.45) is 0 Å². The lowest BCUT2D eigenvalue weighted by atomic mass is 9.97. The third-order valence-corrected chi connectivity index (χ3v) is 6.56. The highest BCUT2D eigenvalue weighted by atomic mass is 19.4. The average Bonchev–Trinajstić information content (AvgIpc) is 3.52. The third kappa shape index (κ3) is 3.95. The van der Waals surface area contributed by atoms with Gasteiger partial charge in [-0.3, -0.25) is 9.36 Å². The molecule has 1 aliphatic carbocycles. The van der Waals surface area contributed by atoms with Crippen LogP contribution in [0.5, 0.6) is 0 Å². The SMILES string of the molecule is CC(Cc1nnc(F)n1CF)c1cccc(N2Cc3c(cc(C4CC4)cc3C(F)(F)F)C2=O)c1. The Morgan fingerprint density at radius 1 is 1.15 bits per heavy atom. The molecule has 178 valence electrons. The van der Waals surface area contributed by atoms with Gasteiger partial charge in [-0.05, 0) is 65.6 Å². The first-order valence-corrected chi connectivity index (χ1v) is 11.0. The van der Waals surface area contributed by atoms with E-state index < -0.39 is 30.5 Å². The molecule has 1 saturated carbocycles. The van der Waals surface area contributed by atoms with Crippen molar-refractivity contribution >= 4 is 11.6 Å². The van der Waals surface area contributed by atoms with Gasteiger partial charge in [0.15, 0.2) is 6.80 Å². The smallest absolute Gasteiger partial charge is 0.304 e. The van der Waals surface area contributed by atoms with Crippen LogP contribution in [0.1, 0.15) is 70.0 Å². The summed E-state index contributed by atoms with van der Waals surface area (Å²) < 4.78 is 68.8. The number of hydrogen-bond acceptors (Lipinski definition) is 3. The molecule has 1 atom stereocenters. The van der Waals surface area contributed by atoms with Gasteiger partial charge in [0.05, 0.1) is 12.1 Å². The molecule has 0 saturated heterocycles. The molecule has 2 heterocycles. The van der Waals surface area contributed by atoms with Crippen molar-refractivity contribution in [3.05, 3.63) is 76.1 Å². The molecule has 3 aromatic rings. The second kappa shape index (κ2) is 8.18. The van der Waals surface area contributed by atoms with Gasteiger partial charge in [0.25, 0.3) is 5.91 Å². The van der Waals surface area contributed by atoms with E-state index in [1.165, 1.54) is 11.0 Å². The summed E-state index contributed by atoms with van der Waals surface area (Å²) in [5.74, 6) is -0.480. The Balaban J connectivity index is 1.44. The zero-order valence-electron chi connectivity index (χ0n) is 18.2. The summed E-state index contributed by atoms with van der Waals surface area (Å²) in [5, 5.41) is 6.94. The number of rotatable bonds is 6. The maximum absolute atomic E-state index is 13.8. The molecule has 1 aliphatic heterocycles. The van der Waals surface area contributed by atoms with Crippen LogP contribution in [0.25, 0.3) is 0 Å². The lowest BCUT2D eigenvalue weighted by molar-refractivity contribution is -0.138. The van der Waals surface area contributed by atoms with Crippen LogP contribution in [0, 0.1) is 6.08 Å². The number of hydrogen-bond donors (Lipinski definition) is 0. The summed E-state index contributed by atoms with van der Waals surface area (Å²) in [6.45, 7) is 0.567. The van der Waals surface area contributed by atoms with Crippen LogP contribution in [0.3, 0.4) is 0 Å². The number of alkyl halides is 4. The molecular weight excluding hydrogens is 455 g/mol. The molecule has 34 heavy (non-hydrogen) atoms. The van der Waals surface area contributed by atoms with Crippen LogP contribution >= 0.6 is 0 Å². The first kappa shape index (κ1) is 22.5. The number of carbonyl (C=O) groups excluding carboxylic acids is 1. The molecule has 2 aliphatic rings. The number of benzene rings is 2. The van der Waals surface area contributed by atoms with E-state index >= 15 is 0 Å². The number of anilines is 1. The van der Waals surface area contributed by atoms with E-state index in [0.717, 1.165) is 23.0 Å². The normalized spacial score (nSPS) is 16.8. The summed E-state index contributed by atoms with van der Waals surface area (Å²) in [7, 11) is 0. The van der Waals surface area contributed by atoms with Crippen molar-refractivity contribution in [2.45, 2.75) is 57.5 Å². The predicted octanol–water partition coefficient (Wildman–Crippen LogP) is 5.75. The molecule has 5 rings (SSSR count). The minimum absolute atomic E-state index is 0.00752. The summed E-state index contributed by atoms with van der Waals surface area (Å²) in [5.41, 5.74) is 1.12. The van der Waals surface area contributed by atoms with Crippen molar-refractivity contribution in [1.29, 1.82) is 0 Å². The fourth-order valence-electron chi connectivity index (χ4n) is 4.52. The van der Waals surface area contributed by atoms with Crippen LogP contribution in [-0.2, 0) is 25.9 Å². The van der Waals surface area contributed by atoms with Gasteiger partial charge >= 0.3 is 12.3 Å². The van der Waals surface area contributed by atoms with Gasteiger partial charge < -0.3 is 4.90 Å². The first-order valence-electron chi connectivity index (χ1n) is 11.0.